The van der Waals surface area contributed by atoms with Crippen LogP contribution in [0.25, 0.3) is 22.2 Å². The Morgan fingerprint density at radius 1 is 0.906 bits per heavy atom. The largest absolute Gasteiger partial charge is 0.383 e. The quantitative estimate of drug-likeness (QED) is 0.420. The first-order chi connectivity index (χ1) is 15.7. The van der Waals surface area contributed by atoms with E-state index in [0.29, 0.717) is 28.7 Å². The minimum absolute atomic E-state index is 0.188. The van der Waals surface area contributed by atoms with Crippen molar-refractivity contribution in [3.63, 3.8) is 0 Å². The predicted molar refractivity (Wildman–Crippen MR) is 126 cm³/mol. The Labute approximate surface area is 184 Å². The van der Waals surface area contributed by atoms with E-state index in [1.165, 1.54) is 4.68 Å². The Kier molecular flexibility index (Phi) is 5.05. The molecular weight excluding hydrogens is 400 g/mol. The molecule has 5 rings (SSSR count). The topological polar surface area (TPSA) is 98.2 Å². The van der Waals surface area contributed by atoms with Crippen LogP contribution in [0.2, 0.25) is 0 Å². The Bertz CT molecular complexity index is 1440. The number of carbonyl (C=O) groups is 1. The molecule has 3 aromatic carbocycles. The van der Waals surface area contributed by atoms with Crippen molar-refractivity contribution in [1.29, 1.82) is 0 Å². The van der Waals surface area contributed by atoms with Gasteiger partial charge in [-0.2, -0.15) is 9.78 Å². The molecule has 5 aromatic rings. The summed E-state index contributed by atoms with van der Waals surface area (Å²) in [6.45, 7) is 0.375. The molecule has 7 heteroatoms. The number of rotatable bonds is 5. The first-order valence-electron chi connectivity index (χ1n) is 10.2. The summed E-state index contributed by atoms with van der Waals surface area (Å²) >= 11 is 0. The fourth-order valence-corrected chi connectivity index (χ4v) is 3.52. The average molecular weight is 420 g/mol. The lowest BCUT2D eigenvalue weighted by Gasteiger charge is -2.05. The first-order valence-corrected chi connectivity index (χ1v) is 10.2. The number of hydrogen-bond acceptors (Lipinski definition) is 5. The van der Waals surface area contributed by atoms with Gasteiger partial charge < -0.3 is 11.1 Å². The van der Waals surface area contributed by atoms with Gasteiger partial charge in [0, 0.05) is 6.54 Å². The van der Waals surface area contributed by atoms with Gasteiger partial charge in [-0.1, -0.05) is 72.8 Å². The van der Waals surface area contributed by atoms with Crippen molar-refractivity contribution >= 4 is 40.1 Å². The lowest BCUT2D eigenvalue weighted by molar-refractivity contribution is 0.0953. The van der Waals surface area contributed by atoms with E-state index in [1.807, 2.05) is 84.9 Å². The molecule has 0 saturated carbocycles. The van der Waals surface area contributed by atoms with Gasteiger partial charge in [-0.25, -0.2) is 9.97 Å². The molecule has 7 nitrogen and oxygen atoms in total. The Balaban J connectivity index is 1.61. The van der Waals surface area contributed by atoms with Crippen molar-refractivity contribution in [2.24, 2.45) is 5.10 Å². The zero-order valence-corrected chi connectivity index (χ0v) is 17.1. The second-order valence-electron chi connectivity index (χ2n) is 7.28. The van der Waals surface area contributed by atoms with Crippen molar-refractivity contribution in [3.05, 3.63) is 102 Å². The number of carbonyl (C=O) groups excluding carboxylic acids is 1. The number of benzene rings is 3. The summed E-state index contributed by atoms with van der Waals surface area (Å²) in [6.07, 6.45) is 1.68. The SMILES string of the molecule is Nc1c(C(=O)NCc2ccccc2)c2nc3ccccc3nc2n1/N=C/c1ccccc1. The maximum absolute atomic E-state index is 13.2. The van der Waals surface area contributed by atoms with E-state index in [9.17, 15) is 4.79 Å². The zero-order valence-electron chi connectivity index (χ0n) is 17.1. The molecule has 1 amide bonds. The van der Waals surface area contributed by atoms with Gasteiger partial charge in [-0.15, -0.1) is 0 Å². The van der Waals surface area contributed by atoms with E-state index in [4.69, 9.17) is 15.7 Å². The van der Waals surface area contributed by atoms with Crippen LogP contribution in [0.1, 0.15) is 21.5 Å². The summed E-state index contributed by atoms with van der Waals surface area (Å²) in [5.74, 6) is -0.136. The van der Waals surface area contributed by atoms with Crippen molar-refractivity contribution in [1.82, 2.24) is 20.0 Å². The molecule has 0 saturated heterocycles. The average Bonchev–Trinajstić information content (AvgIpc) is 3.11. The number of fused-ring (bicyclic) bond motifs is 2. The molecule has 0 bridgehead atoms. The molecule has 0 aliphatic heterocycles. The summed E-state index contributed by atoms with van der Waals surface area (Å²) < 4.78 is 1.47. The van der Waals surface area contributed by atoms with E-state index in [0.717, 1.165) is 11.1 Å². The summed E-state index contributed by atoms with van der Waals surface area (Å²) in [4.78, 5) is 22.5. The van der Waals surface area contributed by atoms with E-state index >= 15 is 0 Å². The fourth-order valence-electron chi connectivity index (χ4n) is 3.52. The standard InChI is InChI=1S/C25H20N6O/c26-23-21(25(32)27-15-17-9-3-1-4-10-17)22-24(30-20-14-8-7-13-19(20)29-22)31(23)28-16-18-11-5-2-6-12-18/h1-14,16H,15,26H2,(H,27,32)/b28-16+. The van der Waals surface area contributed by atoms with Gasteiger partial charge in [0.25, 0.3) is 5.91 Å². The Hall–Kier alpha value is -4.52. The molecule has 0 aliphatic carbocycles. The lowest BCUT2D eigenvalue weighted by atomic mass is 10.2. The molecule has 0 atom stereocenters. The second kappa shape index (κ2) is 8.31. The molecule has 0 spiro atoms. The van der Waals surface area contributed by atoms with Gasteiger partial charge in [-0.05, 0) is 23.3 Å². The molecule has 3 N–H and O–H groups in total. The molecule has 0 radical (unpaired) electrons. The fraction of sp³-hybridized carbons (Fsp3) is 0.0400. The third kappa shape index (κ3) is 3.67. The third-order valence-electron chi connectivity index (χ3n) is 5.12. The van der Waals surface area contributed by atoms with Gasteiger partial charge in [0.1, 0.15) is 16.9 Å². The smallest absolute Gasteiger partial charge is 0.257 e. The van der Waals surface area contributed by atoms with Gasteiger partial charge >= 0.3 is 0 Å². The molecule has 2 heterocycles. The first kappa shape index (κ1) is 19.4. The highest BCUT2D eigenvalue weighted by Crippen LogP contribution is 2.27. The number of amides is 1. The highest BCUT2D eigenvalue weighted by molar-refractivity contribution is 6.10. The zero-order chi connectivity index (χ0) is 21.9. The molecule has 0 unspecified atom stereocenters. The van der Waals surface area contributed by atoms with E-state index < -0.39 is 0 Å². The summed E-state index contributed by atoms with van der Waals surface area (Å²) in [7, 11) is 0. The highest BCUT2D eigenvalue weighted by Gasteiger charge is 2.24. The monoisotopic (exact) mass is 420 g/mol. The Morgan fingerprint density at radius 3 is 2.25 bits per heavy atom. The number of nitrogen functional groups attached to an aromatic ring is 1. The lowest BCUT2D eigenvalue weighted by Crippen LogP contribution is -2.23. The number of nitrogens with zero attached hydrogens (tertiary/aromatic N) is 4. The van der Waals surface area contributed by atoms with Gasteiger partial charge in [0.2, 0.25) is 0 Å². The summed E-state index contributed by atoms with van der Waals surface area (Å²) in [6, 6.07) is 26.8. The molecule has 0 aliphatic rings. The number of hydrogen-bond donors (Lipinski definition) is 2. The van der Waals surface area contributed by atoms with Crippen molar-refractivity contribution in [2.75, 3.05) is 5.73 Å². The number of para-hydroxylation sites is 2. The van der Waals surface area contributed by atoms with Crippen LogP contribution in [0.15, 0.2) is 90.0 Å². The van der Waals surface area contributed by atoms with Crippen LogP contribution in [-0.2, 0) is 6.54 Å². The number of anilines is 1. The molecule has 156 valence electrons. The van der Waals surface area contributed by atoms with Gasteiger partial charge in [0.15, 0.2) is 5.65 Å². The normalized spacial score (nSPS) is 11.4. The number of aromatic nitrogens is 3. The molecule has 2 aromatic heterocycles. The van der Waals surface area contributed by atoms with Crippen molar-refractivity contribution in [3.8, 4) is 0 Å². The highest BCUT2D eigenvalue weighted by atomic mass is 16.1. The molecule has 0 fully saturated rings. The molecule has 32 heavy (non-hydrogen) atoms. The van der Waals surface area contributed by atoms with Crippen LogP contribution in [-0.4, -0.2) is 26.8 Å². The van der Waals surface area contributed by atoms with Crippen LogP contribution >= 0.6 is 0 Å². The maximum atomic E-state index is 13.2. The summed E-state index contributed by atoms with van der Waals surface area (Å²) in [5, 5.41) is 7.45. The Morgan fingerprint density at radius 2 is 1.53 bits per heavy atom. The van der Waals surface area contributed by atoms with Crippen LogP contribution in [0.4, 0.5) is 5.82 Å². The molecular formula is C25H20N6O. The van der Waals surface area contributed by atoms with Gasteiger partial charge in [0.05, 0.1) is 17.2 Å². The van der Waals surface area contributed by atoms with Crippen molar-refractivity contribution in [2.45, 2.75) is 6.54 Å². The summed E-state index contributed by atoms with van der Waals surface area (Å²) in [5.41, 5.74) is 10.8. The maximum Gasteiger partial charge on any atom is 0.257 e. The van der Waals surface area contributed by atoms with Crippen LogP contribution in [0, 0.1) is 0 Å². The van der Waals surface area contributed by atoms with Crippen LogP contribution in [0.5, 0.6) is 0 Å². The van der Waals surface area contributed by atoms with E-state index in [2.05, 4.69) is 10.4 Å². The van der Waals surface area contributed by atoms with Crippen LogP contribution < -0.4 is 11.1 Å². The van der Waals surface area contributed by atoms with E-state index in [-0.39, 0.29) is 17.3 Å². The second-order valence-corrected chi connectivity index (χ2v) is 7.28. The predicted octanol–water partition coefficient (Wildman–Crippen LogP) is 3.98. The number of nitrogens with two attached hydrogens (primary N) is 1. The number of nitrogens with one attached hydrogen (secondary N) is 1. The van der Waals surface area contributed by atoms with Gasteiger partial charge in [-0.3, -0.25) is 4.79 Å². The third-order valence-corrected chi connectivity index (χ3v) is 5.12. The van der Waals surface area contributed by atoms with Crippen molar-refractivity contribution < 1.29 is 4.79 Å². The minimum Gasteiger partial charge on any atom is -0.383 e. The minimum atomic E-state index is -0.324. The van der Waals surface area contributed by atoms with E-state index in [1.54, 1.807) is 6.21 Å². The van der Waals surface area contributed by atoms with Crippen LogP contribution in [0.3, 0.4) is 0 Å².